The van der Waals surface area contributed by atoms with Gasteiger partial charge in [-0.15, -0.1) is 0 Å². The lowest BCUT2D eigenvalue weighted by Gasteiger charge is -2.10. The van der Waals surface area contributed by atoms with Crippen LogP contribution < -0.4 is 15.2 Å². The van der Waals surface area contributed by atoms with Crippen molar-refractivity contribution in [2.24, 2.45) is 0 Å². The molecule has 0 atom stereocenters. The van der Waals surface area contributed by atoms with Crippen molar-refractivity contribution in [1.29, 1.82) is 0 Å². The zero-order valence-corrected chi connectivity index (χ0v) is 10.5. The van der Waals surface area contributed by atoms with Gasteiger partial charge >= 0.3 is 0 Å². The van der Waals surface area contributed by atoms with Crippen molar-refractivity contribution in [3.8, 4) is 11.6 Å². The second-order valence-electron chi connectivity index (χ2n) is 3.93. The molecule has 94 valence electrons. The molecule has 0 spiro atoms. The molecular formula is C14H16N2O2. The minimum absolute atomic E-state index is 0.390. The minimum Gasteiger partial charge on any atom is -0.487 e. The van der Waals surface area contributed by atoms with E-state index in [0.717, 1.165) is 22.7 Å². The Morgan fingerprint density at radius 1 is 1.17 bits per heavy atom. The van der Waals surface area contributed by atoms with Crippen LogP contribution in [0.1, 0.15) is 11.3 Å². The van der Waals surface area contributed by atoms with Crippen LogP contribution in [0.4, 0.5) is 5.69 Å². The van der Waals surface area contributed by atoms with E-state index in [2.05, 4.69) is 4.98 Å². The van der Waals surface area contributed by atoms with Crippen molar-refractivity contribution in [1.82, 2.24) is 4.98 Å². The van der Waals surface area contributed by atoms with Crippen LogP contribution in [-0.4, -0.2) is 12.1 Å². The number of benzene rings is 1. The van der Waals surface area contributed by atoms with E-state index in [1.807, 2.05) is 37.3 Å². The molecule has 1 aromatic heterocycles. The Labute approximate surface area is 106 Å². The summed E-state index contributed by atoms with van der Waals surface area (Å²) in [6, 6.07) is 11.2. The molecule has 1 aromatic carbocycles. The monoisotopic (exact) mass is 244 g/mol. The third-order valence-corrected chi connectivity index (χ3v) is 2.69. The summed E-state index contributed by atoms with van der Waals surface area (Å²) in [6.07, 6.45) is 0. The number of ether oxygens (including phenoxy) is 2. The molecule has 4 nitrogen and oxygen atoms in total. The molecule has 0 aliphatic rings. The first-order valence-corrected chi connectivity index (χ1v) is 5.68. The van der Waals surface area contributed by atoms with Gasteiger partial charge in [0.1, 0.15) is 12.4 Å². The zero-order chi connectivity index (χ0) is 13.0. The molecule has 0 aliphatic heterocycles. The summed E-state index contributed by atoms with van der Waals surface area (Å²) in [6.45, 7) is 2.32. The van der Waals surface area contributed by atoms with Crippen LogP contribution in [0.3, 0.4) is 0 Å². The third-order valence-electron chi connectivity index (χ3n) is 2.69. The van der Waals surface area contributed by atoms with Crippen LogP contribution in [0, 0.1) is 6.92 Å². The molecule has 0 aliphatic carbocycles. The summed E-state index contributed by atoms with van der Waals surface area (Å²) in [7, 11) is 1.59. The summed E-state index contributed by atoms with van der Waals surface area (Å²) >= 11 is 0. The van der Waals surface area contributed by atoms with Crippen LogP contribution in [0.15, 0.2) is 36.4 Å². The first-order valence-electron chi connectivity index (χ1n) is 5.68. The average Bonchev–Trinajstić information content (AvgIpc) is 2.41. The third kappa shape index (κ3) is 2.71. The lowest BCUT2D eigenvalue weighted by Crippen LogP contribution is -2.01. The fraction of sp³-hybridized carbons (Fsp3) is 0.214. The van der Waals surface area contributed by atoms with Crippen LogP contribution in [0.2, 0.25) is 0 Å². The Morgan fingerprint density at radius 2 is 1.94 bits per heavy atom. The number of nitrogen functional groups attached to an aromatic ring is 1. The molecule has 0 fully saturated rings. The number of nitrogens with zero attached hydrogens (tertiary/aromatic N) is 1. The van der Waals surface area contributed by atoms with Gasteiger partial charge in [0.15, 0.2) is 0 Å². The Kier molecular flexibility index (Phi) is 3.67. The van der Waals surface area contributed by atoms with Gasteiger partial charge in [-0.05, 0) is 25.1 Å². The summed E-state index contributed by atoms with van der Waals surface area (Å²) in [4.78, 5) is 4.28. The first-order chi connectivity index (χ1) is 8.70. The molecule has 0 bridgehead atoms. The Balaban J connectivity index is 2.09. The average molecular weight is 244 g/mol. The number of anilines is 1. The topological polar surface area (TPSA) is 57.4 Å². The smallest absolute Gasteiger partial charge is 0.213 e. The van der Waals surface area contributed by atoms with E-state index < -0.39 is 0 Å². The molecular weight excluding hydrogens is 228 g/mol. The fourth-order valence-corrected chi connectivity index (χ4v) is 1.59. The molecule has 2 N–H and O–H groups in total. The largest absolute Gasteiger partial charge is 0.487 e. The van der Waals surface area contributed by atoms with E-state index in [1.54, 1.807) is 13.2 Å². The van der Waals surface area contributed by atoms with Crippen LogP contribution >= 0.6 is 0 Å². The standard InChI is InChI=1S/C14H16N2O2/c1-10-12(15)6-4-7-13(10)18-9-11-5-3-8-14(16-11)17-2/h3-8H,9,15H2,1-2H3. The zero-order valence-electron chi connectivity index (χ0n) is 10.5. The van der Waals surface area contributed by atoms with Gasteiger partial charge in [0.05, 0.1) is 12.8 Å². The fourth-order valence-electron chi connectivity index (χ4n) is 1.59. The van der Waals surface area contributed by atoms with E-state index in [0.29, 0.717) is 12.5 Å². The predicted molar refractivity (Wildman–Crippen MR) is 70.7 cm³/mol. The molecule has 1 heterocycles. The Hall–Kier alpha value is -2.23. The van der Waals surface area contributed by atoms with E-state index in [4.69, 9.17) is 15.2 Å². The molecule has 0 unspecified atom stereocenters. The summed E-state index contributed by atoms with van der Waals surface area (Å²) < 4.78 is 10.8. The van der Waals surface area contributed by atoms with Gasteiger partial charge in [-0.3, -0.25) is 0 Å². The summed E-state index contributed by atoms with van der Waals surface area (Å²) in [5.41, 5.74) is 8.31. The highest BCUT2D eigenvalue weighted by molar-refractivity contribution is 5.53. The molecule has 2 rings (SSSR count). The molecule has 0 saturated carbocycles. The van der Waals surface area contributed by atoms with Gasteiger partial charge in [-0.1, -0.05) is 12.1 Å². The molecule has 2 aromatic rings. The molecule has 0 saturated heterocycles. The maximum atomic E-state index is 5.82. The number of rotatable bonds is 4. The molecule has 18 heavy (non-hydrogen) atoms. The lowest BCUT2D eigenvalue weighted by molar-refractivity contribution is 0.296. The molecule has 0 amide bonds. The highest BCUT2D eigenvalue weighted by Crippen LogP contribution is 2.23. The Morgan fingerprint density at radius 3 is 2.72 bits per heavy atom. The van der Waals surface area contributed by atoms with Crippen molar-refractivity contribution in [3.63, 3.8) is 0 Å². The number of aromatic nitrogens is 1. The van der Waals surface area contributed by atoms with Crippen molar-refractivity contribution >= 4 is 5.69 Å². The first kappa shape index (κ1) is 12.2. The second-order valence-corrected chi connectivity index (χ2v) is 3.93. The van der Waals surface area contributed by atoms with Crippen molar-refractivity contribution in [2.75, 3.05) is 12.8 Å². The molecule has 0 radical (unpaired) electrons. The van der Waals surface area contributed by atoms with Crippen LogP contribution in [0.25, 0.3) is 0 Å². The van der Waals surface area contributed by atoms with Crippen molar-refractivity contribution in [2.45, 2.75) is 13.5 Å². The van der Waals surface area contributed by atoms with Gasteiger partial charge in [-0.2, -0.15) is 0 Å². The predicted octanol–water partition coefficient (Wildman–Crippen LogP) is 2.56. The lowest BCUT2D eigenvalue weighted by atomic mass is 10.2. The second kappa shape index (κ2) is 5.40. The summed E-state index contributed by atoms with van der Waals surface area (Å²) in [5.74, 6) is 1.36. The highest BCUT2D eigenvalue weighted by atomic mass is 16.5. The normalized spacial score (nSPS) is 10.1. The number of hydrogen-bond donors (Lipinski definition) is 1. The van der Waals surface area contributed by atoms with Gasteiger partial charge in [-0.25, -0.2) is 4.98 Å². The van der Waals surface area contributed by atoms with E-state index >= 15 is 0 Å². The van der Waals surface area contributed by atoms with E-state index in [-0.39, 0.29) is 0 Å². The van der Waals surface area contributed by atoms with Crippen LogP contribution in [-0.2, 0) is 6.61 Å². The number of pyridine rings is 1. The van der Waals surface area contributed by atoms with Gasteiger partial charge in [0.2, 0.25) is 5.88 Å². The quantitative estimate of drug-likeness (QED) is 0.840. The molecule has 4 heteroatoms. The van der Waals surface area contributed by atoms with Gasteiger partial charge in [0, 0.05) is 17.3 Å². The van der Waals surface area contributed by atoms with Gasteiger partial charge in [0.25, 0.3) is 0 Å². The number of hydrogen-bond acceptors (Lipinski definition) is 4. The van der Waals surface area contributed by atoms with E-state index in [9.17, 15) is 0 Å². The maximum Gasteiger partial charge on any atom is 0.213 e. The summed E-state index contributed by atoms with van der Waals surface area (Å²) in [5, 5.41) is 0. The minimum atomic E-state index is 0.390. The maximum absolute atomic E-state index is 5.82. The van der Waals surface area contributed by atoms with Crippen molar-refractivity contribution in [3.05, 3.63) is 47.7 Å². The van der Waals surface area contributed by atoms with E-state index in [1.165, 1.54) is 0 Å². The Bertz CT molecular complexity index is 541. The highest BCUT2D eigenvalue weighted by Gasteiger charge is 2.04. The van der Waals surface area contributed by atoms with Crippen LogP contribution in [0.5, 0.6) is 11.6 Å². The number of nitrogens with two attached hydrogens (primary N) is 1. The number of methoxy groups -OCH3 is 1. The van der Waals surface area contributed by atoms with Crippen molar-refractivity contribution < 1.29 is 9.47 Å². The van der Waals surface area contributed by atoms with Gasteiger partial charge < -0.3 is 15.2 Å². The SMILES string of the molecule is COc1cccc(COc2cccc(N)c2C)n1.